The van der Waals surface area contributed by atoms with Gasteiger partial charge in [0.15, 0.2) is 0 Å². The topological polar surface area (TPSA) is 76.1 Å². The highest BCUT2D eigenvalue weighted by molar-refractivity contribution is 5.93. The van der Waals surface area contributed by atoms with Crippen LogP contribution in [-0.2, 0) is 6.42 Å². The van der Waals surface area contributed by atoms with Crippen molar-refractivity contribution in [2.45, 2.75) is 20.3 Å². The van der Waals surface area contributed by atoms with E-state index in [0.29, 0.717) is 29.6 Å². The summed E-state index contributed by atoms with van der Waals surface area (Å²) in [5.74, 6) is 1.55. The van der Waals surface area contributed by atoms with Gasteiger partial charge in [0.25, 0.3) is 5.91 Å². The van der Waals surface area contributed by atoms with Crippen molar-refractivity contribution in [1.82, 2.24) is 15.3 Å². The van der Waals surface area contributed by atoms with Gasteiger partial charge < -0.3 is 15.4 Å². The van der Waals surface area contributed by atoms with Gasteiger partial charge in [0.1, 0.15) is 23.1 Å². The zero-order valence-electron chi connectivity index (χ0n) is 16.3. The van der Waals surface area contributed by atoms with Crippen LogP contribution in [-0.4, -0.2) is 29.5 Å². The molecular weight excluding hydrogens is 352 g/mol. The number of methoxy groups -OCH3 is 1. The van der Waals surface area contributed by atoms with Crippen molar-refractivity contribution in [3.63, 3.8) is 0 Å². The molecule has 0 aliphatic carbocycles. The number of hydrogen-bond acceptors (Lipinski definition) is 5. The number of ether oxygens (including phenoxy) is 1. The summed E-state index contributed by atoms with van der Waals surface area (Å²) in [5, 5.41) is 6.14. The zero-order valence-corrected chi connectivity index (χ0v) is 16.3. The van der Waals surface area contributed by atoms with Crippen molar-refractivity contribution >= 4 is 17.4 Å². The molecule has 144 valence electrons. The molecule has 1 aromatic heterocycles. The number of aromatic nitrogens is 2. The molecule has 0 atom stereocenters. The molecule has 1 heterocycles. The lowest BCUT2D eigenvalue weighted by atomic mass is 10.1. The second-order valence-corrected chi connectivity index (χ2v) is 6.51. The predicted octanol–water partition coefficient (Wildman–Crippen LogP) is 3.82. The fraction of sp³-hybridized carbons (Fsp3) is 0.227. The number of rotatable bonds is 7. The first-order valence-corrected chi connectivity index (χ1v) is 9.14. The first-order valence-electron chi connectivity index (χ1n) is 9.14. The molecule has 28 heavy (non-hydrogen) atoms. The van der Waals surface area contributed by atoms with Crippen molar-refractivity contribution in [2.75, 3.05) is 19.0 Å². The largest absolute Gasteiger partial charge is 0.495 e. The molecule has 6 nitrogen and oxygen atoms in total. The fourth-order valence-corrected chi connectivity index (χ4v) is 2.86. The Balaban J connectivity index is 1.70. The lowest BCUT2D eigenvalue weighted by molar-refractivity contribution is 0.0949. The number of carbonyl (C=O) groups is 1. The number of benzene rings is 2. The number of hydrogen-bond donors (Lipinski definition) is 2. The van der Waals surface area contributed by atoms with E-state index in [1.807, 2.05) is 55.5 Å². The van der Waals surface area contributed by atoms with Gasteiger partial charge >= 0.3 is 0 Å². The van der Waals surface area contributed by atoms with Gasteiger partial charge in [0.05, 0.1) is 12.8 Å². The van der Waals surface area contributed by atoms with E-state index in [1.165, 1.54) is 5.56 Å². The van der Waals surface area contributed by atoms with Crippen LogP contribution in [0, 0.1) is 13.8 Å². The van der Waals surface area contributed by atoms with Crippen LogP contribution >= 0.6 is 0 Å². The maximum atomic E-state index is 12.5. The highest BCUT2D eigenvalue weighted by Gasteiger charge is 2.12. The molecule has 3 rings (SSSR count). The lowest BCUT2D eigenvalue weighted by Gasteiger charge is -2.13. The molecule has 2 N–H and O–H groups in total. The van der Waals surface area contributed by atoms with Gasteiger partial charge in [-0.3, -0.25) is 4.79 Å². The third-order valence-electron chi connectivity index (χ3n) is 4.23. The monoisotopic (exact) mass is 376 g/mol. The molecule has 0 aliphatic rings. The van der Waals surface area contributed by atoms with E-state index < -0.39 is 0 Å². The second-order valence-electron chi connectivity index (χ2n) is 6.51. The molecule has 3 aromatic rings. The molecule has 0 fully saturated rings. The summed E-state index contributed by atoms with van der Waals surface area (Å²) in [5.41, 5.74) is 3.38. The van der Waals surface area contributed by atoms with Crippen LogP contribution < -0.4 is 15.4 Å². The summed E-state index contributed by atoms with van der Waals surface area (Å²) in [4.78, 5) is 21.2. The van der Waals surface area contributed by atoms with Crippen LogP contribution in [0.2, 0.25) is 0 Å². The minimum atomic E-state index is -0.222. The number of nitrogens with one attached hydrogen (secondary N) is 2. The van der Waals surface area contributed by atoms with Crippen molar-refractivity contribution < 1.29 is 9.53 Å². The summed E-state index contributed by atoms with van der Waals surface area (Å²) in [7, 11) is 1.62. The van der Waals surface area contributed by atoms with Crippen molar-refractivity contribution in [3.8, 4) is 5.75 Å². The molecule has 0 spiro atoms. The van der Waals surface area contributed by atoms with Gasteiger partial charge in [0, 0.05) is 12.6 Å². The molecular formula is C22H24N4O2. The Bertz CT molecular complexity index is 958. The minimum Gasteiger partial charge on any atom is -0.495 e. The van der Waals surface area contributed by atoms with E-state index in [9.17, 15) is 4.79 Å². The average molecular weight is 376 g/mol. The quantitative estimate of drug-likeness (QED) is 0.656. The van der Waals surface area contributed by atoms with E-state index in [4.69, 9.17) is 4.74 Å². The Hall–Kier alpha value is -3.41. The summed E-state index contributed by atoms with van der Waals surface area (Å²) in [6.07, 6.45) is 0.766. The highest BCUT2D eigenvalue weighted by atomic mass is 16.5. The van der Waals surface area contributed by atoms with Gasteiger partial charge in [-0.15, -0.1) is 0 Å². The number of aryl methyl sites for hydroxylation is 2. The summed E-state index contributed by atoms with van der Waals surface area (Å²) >= 11 is 0. The van der Waals surface area contributed by atoms with E-state index in [1.54, 1.807) is 20.1 Å². The van der Waals surface area contributed by atoms with Crippen LogP contribution in [0.5, 0.6) is 5.75 Å². The van der Waals surface area contributed by atoms with E-state index in [0.717, 1.165) is 17.7 Å². The molecule has 1 amide bonds. The van der Waals surface area contributed by atoms with Crippen LogP contribution in [0.4, 0.5) is 11.5 Å². The summed E-state index contributed by atoms with van der Waals surface area (Å²) in [6, 6.07) is 17.5. The molecule has 2 aromatic carbocycles. The molecule has 0 saturated heterocycles. The first-order chi connectivity index (χ1) is 13.5. The van der Waals surface area contributed by atoms with Crippen LogP contribution in [0.3, 0.4) is 0 Å². The molecule has 0 bridgehead atoms. The first kappa shape index (κ1) is 19.4. The Morgan fingerprint density at radius 2 is 1.82 bits per heavy atom. The van der Waals surface area contributed by atoms with Gasteiger partial charge in [-0.05, 0) is 43.5 Å². The Morgan fingerprint density at radius 1 is 1.04 bits per heavy atom. The second kappa shape index (κ2) is 8.99. The maximum absolute atomic E-state index is 12.5. The minimum absolute atomic E-state index is 0.222. The SMILES string of the molecule is COc1ccc(C)cc1Nc1cc(C(=O)NCCc2ccccc2)nc(C)n1. The predicted molar refractivity (Wildman–Crippen MR) is 110 cm³/mol. The van der Waals surface area contributed by atoms with Gasteiger partial charge in [-0.1, -0.05) is 36.4 Å². The fourth-order valence-electron chi connectivity index (χ4n) is 2.86. The average Bonchev–Trinajstić information content (AvgIpc) is 2.68. The third kappa shape index (κ3) is 5.07. The number of anilines is 2. The highest BCUT2D eigenvalue weighted by Crippen LogP contribution is 2.28. The van der Waals surface area contributed by atoms with Crippen LogP contribution in [0.1, 0.15) is 27.4 Å². The molecule has 0 saturated carbocycles. The normalized spacial score (nSPS) is 10.4. The summed E-state index contributed by atoms with van der Waals surface area (Å²) < 4.78 is 5.39. The van der Waals surface area contributed by atoms with E-state index in [-0.39, 0.29) is 5.91 Å². The van der Waals surface area contributed by atoms with Gasteiger partial charge in [-0.2, -0.15) is 0 Å². The maximum Gasteiger partial charge on any atom is 0.270 e. The smallest absolute Gasteiger partial charge is 0.270 e. The molecule has 0 unspecified atom stereocenters. The molecule has 0 radical (unpaired) electrons. The summed E-state index contributed by atoms with van der Waals surface area (Å²) in [6.45, 7) is 4.31. The van der Waals surface area contributed by atoms with Crippen molar-refractivity contribution in [2.24, 2.45) is 0 Å². The van der Waals surface area contributed by atoms with E-state index >= 15 is 0 Å². The molecule has 6 heteroatoms. The lowest BCUT2D eigenvalue weighted by Crippen LogP contribution is -2.27. The molecule has 0 aliphatic heterocycles. The number of carbonyl (C=O) groups excluding carboxylic acids is 1. The Morgan fingerprint density at radius 3 is 2.57 bits per heavy atom. The number of amides is 1. The Labute approximate surface area is 165 Å². The van der Waals surface area contributed by atoms with Gasteiger partial charge in [0.2, 0.25) is 0 Å². The Kier molecular flexibility index (Phi) is 6.22. The number of nitrogens with zero attached hydrogens (tertiary/aromatic N) is 2. The van der Waals surface area contributed by atoms with E-state index in [2.05, 4.69) is 20.6 Å². The van der Waals surface area contributed by atoms with Crippen LogP contribution in [0.25, 0.3) is 0 Å². The standard InChI is InChI=1S/C22H24N4O2/c1-15-9-10-20(28-3)18(13-15)26-21-14-19(24-16(2)25-21)22(27)23-12-11-17-7-5-4-6-8-17/h4-10,13-14H,11-12H2,1-3H3,(H,23,27)(H,24,25,26). The van der Waals surface area contributed by atoms with Crippen molar-refractivity contribution in [3.05, 3.63) is 77.2 Å². The van der Waals surface area contributed by atoms with Crippen LogP contribution in [0.15, 0.2) is 54.6 Å². The van der Waals surface area contributed by atoms with Gasteiger partial charge in [-0.25, -0.2) is 9.97 Å². The van der Waals surface area contributed by atoms with Crippen molar-refractivity contribution in [1.29, 1.82) is 0 Å². The zero-order chi connectivity index (χ0) is 19.9. The third-order valence-corrected chi connectivity index (χ3v) is 4.23.